The third-order valence-corrected chi connectivity index (χ3v) is 5.04. The Labute approximate surface area is 133 Å². The number of anilines is 1. The molecular formula is C15H14ClNO4S. The molecule has 0 radical (unpaired) electrons. The van der Waals surface area contributed by atoms with E-state index in [1.807, 2.05) is 0 Å². The van der Waals surface area contributed by atoms with Gasteiger partial charge in [-0.1, -0.05) is 35.9 Å². The monoisotopic (exact) mass is 339 g/mol. The Morgan fingerprint density at radius 3 is 2.27 bits per heavy atom. The zero-order valence-electron chi connectivity index (χ0n) is 11.7. The van der Waals surface area contributed by atoms with Crippen LogP contribution < -0.4 is 4.72 Å². The van der Waals surface area contributed by atoms with Crippen LogP contribution in [0.5, 0.6) is 0 Å². The first-order valence-corrected chi connectivity index (χ1v) is 8.27. The molecule has 0 saturated carbocycles. The lowest BCUT2D eigenvalue weighted by Crippen LogP contribution is -2.13. The van der Waals surface area contributed by atoms with Gasteiger partial charge in [-0.25, -0.2) is 8.42 Å². The molecule has 0 fully saturated rings. The first-order chi connectivity index (χ1) is 10.3. The van der Waals surface area contributed by atoms with Crippen LogP contribution in [0.25, 0.3) is 0 Å². The minimum Gasteiger partial charge on any atom is -0.481 e. The molecule has 0 unspecified atom stereocenters. The van der Waals surface area contributed by atoms with E-state index in [9.17, 15) is 13.2 Å². The Morgan fingerprint density at radius 2 is 1.73 bits per heavy atom. The number of aliphatic carboxylic acids is 1. The molecule has 0 bridgehead atoms. The fourth-order valence-electron chi connectivity index (χ4n) is 1.86. The standard InChI is InChI=1S/C15H14ClNO4S/c1-10(15(18)19)11-6-8-12(9-7-11)17-22(20,21)14-5-3-2-4-13(14)16/h2-10,17H,1H3,(H,18,19)/t10-/m1/s1. The maximum Gasteiger partial charge on any atom is 0.310 e. The van der Waals surface area contributed by atoms with E-state index in [4.69, 9.17) is 16.7 Å². The van der Waals surface area contributed by atoms with Crippen LogP contribution >= 0.6 is 11.6 Å². The van der Waals surface area contributed by atoms with Crippen molar-refractivity contribution in [2.24, 2.45) is 0 Å². The minimum atomic E-state index is -3.79. The van der Waals surface area contributed by atoms with Crippen molar-refractivity contribution in [2.75, 3.05) is 4.72 Å². The van der Waals surface area contributed by atoms with Gasteiger partial charge >= 0.3 is 5.97 Å². The van der Waals surface area contributed by atoms with Gasteiger partial charge in [0.2, 0.25) is 0 Å². The normalized spacial score (nSPS) is 12.6. The molecule has 22 heavy (non-hydrogen) atoms. The Hall–Kier alpha value is -2.05. The molecule has 1 atom stereocenters. The molecule has 2 N–H and O–H groups in total. The summed E-state index contributed by atoms with van der Waals surface area (Å²) in [6, 6.07) is 12.3. The zero-order valence-corrected chi connectivity index (χ0v) is 13.2. The summed E-state index contributed by atoms with van der Waals surface area (Å²) in [6.45, 7) is 1.56. The maximum atomic E-state index is 12.3. The van der Waals surface area contributed by atoms with Gasteiger partial charge in [0, 0.05) is 5.69 Å². The van der Waals surface area contributed by atoms with E-state index in [0.29, 0.717) is 11.3 Å². The Bertz CT molecular complexity index is 787. The number of benzene rings is 2. The van der Waals surface area contributed by atoms with E-state index in [1.54, 1.807) is 31.2 Å². The molecule has 0 aliphatic heterocycles. The smallest absolute Gasteiger partial charge is 0.310 e. The fourth-order valence-corrected chi connectivity index (χ4v) is 3.43. The molecule has 0 heterocycles. The third-order valence-electron chi connectivity index (χ3n) is 3.16. The van der Waals surface area contributed by atoms with Gasteiger partial charge < -0.3 is 5.11 Å². The highest BCUT2D eigenvalue weighted by atomic mass is 35.5. The summed E-state index contributed by atoms with van der Waals surface area (Å²) in [6.07, 6.45) is 0. The van der Waals surface area contributed by atoms with Crippen molar-refractivity contribution in [1.29, 1.82) is 0 Å². The number of sulfonamides is 1. The van der Waals surface area contributed by atoms with Crippen LogP contribution in [0, 0.1) is 0 Å². The number of halogens is 1. The summed E-state index contributed by atoms with van der Waals surface area (Å²) >= 11 is 5.89. The van der Waals surface area contributed by atoms with Gasteiger partial charge in [-0.2, -0.15) is 0 Å². The average Bonchev–Trinajstić information content (AvgIpc) is 2.47. The van der Waals surface area contributed by atoms with Gasteiger partial charge in [-0.15, -0.1) is 0 Å². The maximum absolute atomic E-state index is 12.3. The minimum absolute atomic E-state index is 0.0142. The summed E-state index contributed by atoms with van der Waals surface area (Å²) in [5, 5.41) is 9.07. The van der Waals surface area contributed by atoms with E-state index >= 15 is 0 Å². The summed E-state index contributed by atoms with van der Waals surface area (Å²) in [7, 11) is -3.79. The third kappa shape index (κ3) is 3.58. The van der Waals surface area contributed by atoms with Crippen LogP contribution in [-0.4, -0.2) is 19.5 Å². The van der Waals surface area contributed by atoms with Gasteiger partial charge in [0.15, 0.2) is 0 Å². The Morgan fingerprint density at radius 1 is 1.14 bits per heavy atom. The molecule has 2 aromatic carbocycles. The molecule has 0 saturated heterocycles. The molecular weight excluding hydrogens is 326 g/mol. The topological polar surface area (TPSA) is 83.5 Å². The van der Waals surface area contributed by atoms with Gasteiger partial charge in [-0.3, -0.25) is 9.52 Å². The molecule has 0 aliphatic rings. The fraction of sp³-hybridized carbons (Fsp3) is 0.133. The lowest BCUT2D eigenvalue weighted by Gasteiger charge is -2.11. The van der Waals surface area contributed by atoms with E-state index in [0.717, 1.165) is 0 Å². The average molecular weight is 340 g/mol. The van der Waals surface area contributed by atoms with Crippen molar-refractivity contribution in [2.45, 2.75) is 17.7 Å². The number of rotatable bonds is 5. The lowest BCUT2D eigenvalue weighted by atomic mass is 10.0. The SMILES string of the molecule is C[C@@H](C(=O)O)c1ccc(NS(=O)(=O)c2ccccc2Cl)cc1. The molecule has 0 amide bonds. The van der Waals surface area contributed by atoms with Crippen LogP contribution in [-0.2, 0) is 14.8 Å². The molecule has 116 valence electrons. The van der Waals surface area contributed by atoms with E-state index in [1.165, 1.54) is 24.3 Å². The molecule has 2 aromatic rings. The first kappa shape index (κ1) is 16.3. The molecule has 2 rings (SSSR count). The predicted octanol–water partition coefficient (Wildman–Crippen LogP) is 3.33. The van der Waals surface area contributed by atoms with Crippen molar-refractivity contribution in [3.05, 3.63) is 59.1 Å². The predicted molar refractivity (Wildman–Crippen MR) is 84.8 cm³/mol. The lowest BCUT2D eigenvalue weighted by molar-refractivity contribution is -0.138. The number of nitrogens with one attached hydrogen (secondary N) is 1. The largest absolute Gasteiger partial charge is 0.481 e. The summed E-state index contributed by atoms with van der Waals surface area (Å²) in [4.78, 5) is 10.9. The number of carbonyl (C=O) groups is 1. The highest BCUT2D eigenvalue weighted by Gasteiger charge is 2.18. The summed E-state index contributed by atoms with van der Waals surface area (Å²) in [5.41, 5.74) is 0.925. The second-order valence-electron chi connectivity index (χ2n) is 4.72. The highest BCUT2D eigenvalue weighted by molar-refractivity contribution is 7.92. The summed E-state index contributed by atoms with van der Waals surface area (Å²) in [5.74, 6) is -1.60. The van der Waals surface area contributed by atoms with Crippen LogP contribution in [0.1, 0.15) is 18.4 Å². The molecule has 0 spiro atoms. The van der Waals surface area contributed by atoms with Crippen molar-refractivity contribution < 1.29 is 18.3 Å². The second-order valence-corrected chi connectivity index (χ2v) is 6.78. The quantitative estimate of drug-likeness (QED) is 0.875. The molecule has 0 aliphatic carbocycles. The number of hydrogen-bond acceptors (Lipinski definition) is 3. The van der Waals surface area contributed by atoms with Gasteiger partial charge in [0.1, 0.15) is 4.90 Å². The van der Waals surface area contributed by atoms with Crippen molar-refractivity contribution in [3.63, 3.8) is 0 Å². The van der Waals surface area contributed by atoms with Crippen LogP contribution in [0.15, 0.2) is 53.4 Å². The number of carboxylic acid groups (broad SMARTS) is 1. The first-order valence-electron chi connectivity index (χ1n) is 6.41. The van der Waals surface area contributed by atoms with Gasteiger partial charge in [-0.05, 0) is 36.8 Å². The Balaban J connectivity index is 2.24. The molecule has 0 aromatic heterocycles. The number of hydrogen-bond donors (Lipinski definition) is 2. The van der Waals surface area contributed by atoms with E-state index in [2.05, 4.69) is 4.72 Å². The van der Waals surface area contributed by atoms with Crippen LogP contribution in [0.3, 0.4) is 0 Å². The van der Waals surface area contributed by atoms with Gasteiger partial charge in [0.05, 0.1) is 10.9 Å². The molecule has 5 nitrogen and oxygen atoms in total. The van der Waals surface area contributed by atoms with Crippen molar-refractivity contribution in [3.8, 4) is 0 Å². The van der Waals surface area contributed by atoms with Crippen LogP contribution in [0.2, 0.25) is 5.02 Å². The van der Waals surface area contributed by atoms with E-state index in [-0.39, 0.29) is 9.92 Å². The van der Waals surface area contributed by atoms with Crippen molar-refractivity contribution in [1.82, 2.24) is 0 Å². The second kappa shape index (κ2) is 6.37. The van der Waals surface area contributed by atoms with E-state index < -0.39 is 21.9 Å². The number of carboxylic acids is 1. The zero-order chi connectivity index (χ0) is 16.3. The van der Waals surface area contributed by atoms with Gasteiger partial charge in [0.25, 0.3) is 10.0 Å². The Kier molecular flexibility index (Phi) is 4.73. The highest BCUT2D eigenvalue weighted by Crippen LogP contribution is 2.24. The van der Waals surface area contributed by atoms with Crippen LogP contribution in [0.4, 0.5) is 5.69 Å². The van der Waals surface area contributed by atoms with Crippen molar-refractivity contribution >= 4 is 33.3 Å². The summed E-state index contributed by atoms with van der Waals surface area (Å²) < 4.78 is 26.9. The molecule has 7 heteroatoms.